The molecule has 0 bridgehead atoms. The fourth-order valence-corrected chi connectivity index (χ4v) is 3.48. The molecule has 0 amide bonds. The predicted molar refractivity (Wildman–Crippen MR) is 104 cm³/mol. The second-order valence-corrected chi connectivity index (χ2v) is 6.53. The van der Waals surface area contributed by atoms with Gasteiger partial charge >= 0.3 is 5.97 Å². The minimum atomic E-state index is -0.941. The molecule has 2 aromatic rings. The largest absolute Gasteiger partial charge is 0.507 e. The average molecular weight is 396 g/mol. The summed E-state index contributed by atoms with van der Waals surface area (Å²) in [5.41, 5.74) is 1.07. The Balaban J connectivity index is 2.21. The molecule has 150 valence electrons. The molecular weight excluding hydrogens is 376 g/mol. The molecule has 1 aliphatic carbocycles. The highest BCUT2D eigenvalue weighted by atomic mass is 16.5. The number of ketones is 2. The monoisotopic (exact) mass is 396 g/mol. The SMILES string of the molecule is COC(=O)CC(C1=C(O)c2ccccc2C(=O)C1=O)c1ccc(OC)c(CO)c1. The first kappa shape index (κ1) is 20.3. The van der Waals surface area contributed by atoms with E-state index in [0.717, 1.165) is 0 Å². The van der Waals surface area contributed by atoms with Gasteiger partial charge in [0.25, 0.3) is 0 Å². The number of allylic oxidation sites excluding steroid dienone is 1. The number of carbonyl (C=O) groups is 3. The van der Waals surface area contributed by atoms with E-state index in [1.807, 2.05) is 0 Å². The zero-order valence-corrected chi connectivity index (χ0v) is 16.0. The third kappa shape index (κ3) is 3.64. The van der Waals surface area contributed by atoms with Crippen molar-refractivity contribution in [3.8, 4) is 5.75 Å². The lowest BCUT2D eigenvalue weighted by molar-refractivity contribution is -0.140. The molecule has 1 aliphatic rings. The van der Waals surface area contributed by atoms with Gasteiger partial charge in [-0.15, -0.1) is 0 Å². The second kappa shape index (κ2) is 8.28. The van der Waals surface area contributed by atoms with Gasteiger partial charge in [0.1, 0.15) is 11.5 Å². The van der Waals surface area contributed by atoms with E-state index >= 15 is 0 Å². The molecule has 0 aliphatic heterocycles. The van der Waals surface area contributed by atoms with E-state index in [0.29, 0.717) is 16.9 Å². The van der Waals surface area contributed by atoms with Gasteiger partial charge in [-0.1, -0.05) is 30.3 Å². The smallest absolute Gasteiger partial charge is 0.306 e. The Morgan fingerprint density at radius 3 is 2.34 bits per heavy atom. The second-order valence-electron chi connectivity index (χ2n) is 6.53. The lowest BCUT2D eigenvalue weighted by Crippen LogP contribution is -2.28. The number of methoxy groups -OCH3 is 2. The molecule has 1 unspecified atom stereocenters. The lowest BCUT2D eigenvalue weighted by atomic mass is 9.78. The van der Waals surface area contributed by atoms with Crippen LogP contribution in [0.25, 0.3) is 5.76 Å². The summed E-state index contributed by atoms with van der Waals surface area (Å²) in [4.78, 5) is 37.5. The summed E-state index contributed by atoms with van der Waals surface area (Å²) in [6.45, 7) is -0.331. The average Bonchev–Trinajstić information content (AvgIpc) is 2.76. The van der Waals surface area contributed by atoms with Crippen LogP contribution in [0.3, 0.4) is 0 Å². The summed E-state index contributed by atoms with van der Waals surface area (Å²) >= 11 is 0. The molecule has 0 heterocycles. The summed E-state index contributed by atoms with van der Waals surface area (Å²) in [5, 5.41) is 20.5. The van der Waals surface area contributed by atoms with E-state index in [1.165, 1.54) is 26.4 Å². The Hall–Kier alpha value is -3.45. The number of carbonyl (C=O) groups excluding carboxylic acids is 3. The minimum absolute atomic E-state index is 0.112. The van der Waals surface area contributed by atoms with Crippen molar-refractivity contribution in [1.82, 2.24) is 0 Å². The molecular formula is C22H20O7. The third-order valence-corrected chi connectivity index (χ3v) is 4.96. The fraction of sp³-hybridized carbons (Fsp3) is 0.227. The van der Waals surface area contributed by atoms with E-state index in [2.05, 4.69) is 0 Å². The van der Waals surface area contributed by atoms with Gasteiger partial charge in [-0.3, -0.25) is 14.4 Å². The first-order valence-electron chi connectivity index (χ1n) is 8.89. The van der Waals surface area contributed by atoms with Crippen LogP contribution in [0.15, 0.2) is 48.0 Å². The van der Waals surface area contributed by atoms with Crippen molar-refractivity contribution < 1.29 is 34.1 Å². The fourth-order valence-electron chi connectivity index (χ4n) is 3.48. The summed E-state index contributed by atoms with van der Waals surface area (Å²) in [6.07, 6.45) is -0.270. The Kier molecular flexibility index (Phi) is 5.79. The van der Waals surface area contributed by atoms with E-state index in [9.17, 15) is 24.6 Å². The molecule has 2 N–H and O–H groups in total. The predicted octanol–water partition coefficient (Wildman–Crippen LogP) is 2.57. The normalized spacial score (nSPS) is 14.4. The molecule has 7 nitrogen and oxygen atoms in total. The van der Waals surface area contributed by atoms with Crippen molar-refractivity contribution in [2.75, 3.05) is 14.2 Å². The number of Topliss-reactive ketones (excluding diaryl/α,β-unsaturated/α-hetero) is 2. The Morgan fingerprint density at radius 2 is 1.72 bits per heavy atom. The molecule has 1 atom stereocenters. The van der Waals surface area contributed by atoms with Crippen molar-refractivity contribution in [3.63, 3.8) is 0 Å². The van der Waals surface area contributed by atoms with Gasteiger partial charge in [0.15, 0.2) is 0 Å². The number of hydrogen-bond donors (Lipinski definition) is 2. The van der Waals surface area contributed by atoms with Crippen LogP contribution in [0.4, 0.5) is 0 Å². The number of fused-ring (bicyclic) bond motifs is 1. The van der Waals surface area contributed by atoms with Crippen molar-refractivity contribution >= 4 is 23.3 Å². The quantitative estimate of drug-likeness (QED) is 0.570. The molecule has 0 spiro atoms. The first-order valence-corrected chi connectivity index (χ1v) is 8.89. The van der Waals surface area contributed by atoms with Crippen LogP contribution >= 0.6 is 0 Å². The maximum absolute atomic E-state index is 12.9. The number of aliphatic hydroxyl groups is 2. The van der Waals surface area contributed by atoms with Gasteiger partial charge in [-0.05, 0) is 17.7 Å². The van der Waals surface area contributed by atoms with Gasteiger partial charge < -0.3 is 19.7 Å². The van der Waals surface area contributed by atoms with Crippen molar-refractivity contribution in [1.29, 1.82) is 0 Å². The molecule has 0 aromatic heterocycles. The molecule has 0 fully saturated rings. The highest BCUT2D eigenvalue weighted by Gasteiger charge is 2.38. The van der Waals surface area contributed by atoms with Crippen LogP contribution in [0, 0.1) is 0 Å². The molecule has 29 heavy (non-hydrogen) atoms. The van der Waals surface area contributed by atoms with Crippen LogP contribution < -0.4 is 4.74 Å². The van der Waals surface area contributed by atoms with Crippen LogP contribution in [0.2, 0.25) is 0 Å². The van der Waals surface area contributed by atoms with Gasteiger partial charge in [0.05, 0.1) is 32.8 Å². The topological polar surface area (TPSA) is 110 Å². The summed E-state index contributed by atoms with van der Waals surface area (Å²) in [5.74, 6) is -3.10. The van der Waals surface area contributed by atoms with Crippen molar-refractivity contribution in [2.24, 2.45) is 0 Å². The first-order chi connectivity index (χ1) is 13.9. The highest BCUT2D eigenvalue weighted by molar-refractivity contribution is 6.52. The molecule has 2 aromatic carbocycles. The Bertz CT molecular complexity index is 1020. The maximum Gasteiger partial charge on any atom is 0.306 e. The maximum atomic E-state index is 12.9. The number of ether oxygens (including phenoxy) is 2. The lowest BCUT2D eigenvalue weighted by Gasteiger charge is -2.25. The van der Waals surface area contributed by atoms with Crippen LogP contribution in [0.5, 0.6) is 5.75 Å². The zero-order chi connectivity index (χ0) is 21.1. The van der Waals surface area contributed by atoms with Gasteiger partial charge in [0, 0.05) is 22.6 Å². The van der Waals surface area contributed by atoms with E-state index < -0.39 is 23.5 Å². The van der Waals surface area contributed by atoms with E-state index in [4.69, 9.17) is 9.47 Å². The van der Waals surface area contributed by atoms with Crippen molar-refractivity contribution in [2.45, 2.75) is 18.9 Å². The van der Waals surface area contributed by atoms with Crippen LogP contribution in [0.1, 0.15) is 39.4 Å². The molecule has 3 rings (SSSR count). The van der Waals surface area contributed by atoms with Crippen LogP contribution in [-0.2, 0) is 20.9 Å². The zero-order valence-electron chi connectivity index (χ0n) is 16.0. The van der Waals surface area contributed by atoms with E-state index in [1.54, 1.807) is 30.3 Å². The molecule has 0 saturated carbocycles. The highest BCUT2D eigenvalue weighted by Crippen LogP contribution is 2.39. The molecule has 7 heteroatoms. The summed E-state index contributed by atoms with van der Waals surface area (Å²) in [7, 11) is 2.67. The molecule has 0 saturated heterocycles. The van der Waals surface area contributed by atoms with Crippen molar-refractivity contribution in [3.05, 3.63) is 70.3 Å². The Labute approximate surface area is 167 Å². The van der Waals surface area contributed by atoms with E-state index in [-0.39, 0.29) is 35.5 Å². The number of esters is 1. The number of aliphatic hydroxyl groups excluding tert-OH is 2. The third-order valence-electron chi connectivity index (χ3n) is 4.96. The van der Waals surface area contributed by atoms with Gasteiger partial charge in [-0.25, -0.2) is 0 Å². The summed E-state index contributed by atoms with van der Waals surface area (Å²) < 4.78 is 9.94. The number of rotatable bonds is 6. The van der Waals surface area contributed by atoms with Gasteiger partial charge in [-0.2, -0.15) is 0 Å². The number of hydrogen-bond acceptors (Lipinski definition) is 7. The number of benzene rings is 2. The van der Waals surface area contributed by atoms with Crippen LogP contribution in [-0.4, -0.2) is 42.0 Å². The Morgan fingerprint density at radius 1 is 1.03 bits per heavy atom. The molecule has 0 radical (unpaired) electrons. The standard InChI is InChI=1S/C22H20O7/c1-28-17-8-7-12(9-13(17)11-23)16(10-18(24)29-2)19-20(25)14-5-3-4-6-15(14)21(26)22(19)27/h3-9,16,23,25H,10-11H2,1-2H3. The minimum Gasteiger partial charge on any atom is -0.507 e. The van der Waals surface area contributed by atoms with Gasteiger partial charge in [0.2, 0.25) is 11.6 Å². The summed E-state index contributed by atoms with van der Waals surface area (Å²) in [6, 6.07) is 11.0.